The molecule has 2 aromatic rings. The van der Waals surface area contributed by atoms with Crippen LogP contribution in [0.1, 0.15) is 43.2 Å². The van der Waals surface area contributed by atoms with Crippen molar-refractivity contribution in [2.75, 3.05) is 13.7 Å². The molecule has 30 heavy (non-hydrogen) atoms. The SMILES string of the molecule is CCn1c(=O)c(C)nc2cc(C(=O)OCC(=O)N[C@@H](CC(C)C)C(=O)OC)ccc21. The summed E-state index contributed by atoms with van der Waals surface area (Å²) in [6.45, 7) is 7.22. The van der Waals surface area contributed by atoms with Gasteiger partial charge in [-0.1, -0.05) is 13.8 Å². The number of benzene rings is 1. The van der Waals surface area contributed by atoms with Crippen molar-refractivity contribution < 1.29 is 23.9 Å². The Morgan fingerprint density at radius 3 is 2.53 bits per heavy atom. The van der Waals surface area contributed by atoms with Gasteiger partial charge in [-0.2, -0.15) is 0 Å². The predicted molar refractivity (Wildman–Crippen MR) is 110 cm³/mol. The molecule has 1 N–H and O–H groups in total. The molecule has 1 amide bonds. The predicted octanol–water partition coefficient (Wildman–Crippen LogP) is 1.59. The standard InChI is InChI=1S/C21H27N3O6/c1-6-24-17-8-7-14(10-15(17)22-13(4)19(24)26)20(27)30-11-18(25)23-16(9-12(2)3)21(28)29-5/h7-8,10,12,16H,6,9,11H2,1-5H3,(H,23,25)/t16-/m0/s1. The van der Waals surface area contributed by atoms with E-state index >= 15 is 0 Å². The van der Waals surface area contributed by atoms with Crippen LogP contribution in [0.15, 0.2) is 23.0 Å². The maximum atomic E-state index is 12.4. The highest BCUT2D eigenvalue weighted by Crippen LogP contribution is 2.14. The third kappa shape index (κ3) is 5.43. The monoisotopic (exact) mass is 417 g/mol. The van der Waals surface area contributed by atoms with Crippen molar-refractivity contribution in [1.82, 2.24) is 14.9 Å². The summed E-state index contributed by atoms with van der Waals surface area (Å²) in [7, 11) is 1.25. The normalized spacial score (nSPS) is 11.9. The number of ether oxygens (including phenoxy) is 2. The molecule has 162 valence electrons. The minimum Gasteiger partial charge on any atom is -0.467 e. The summed E-state index contributed by atoms with van der Waals surface area (Å²) in [6, 6.07) is 3.85. The fourth-order valence-corrected chi connectivity index (χ4v) is 3.09. The van der Waals surface area contributed by atoms with E-state index in [2.05, 4.69) is 10.3 Å². The number of aryl methyl sites for hydroxylation is 2. The molecule has 0 saturated heterocycles. The number of carbonyl (C=O) groups excluding carboxylic acids is 3. The van der Waals surface area contributed by atoms with Crippen LogP contribution in [0.3, 0.4) is 0 Å². The summed E-state index contributed by atoms with van der Waals surface area (Å²) in [5.41, 5.74) is 1.44. The molecule has 0 saturated carbocycles. The molecule has 0 aliphatic rings. The number of fused-ring (bicyclic) bond motifs is 1. The van der Waals surface area contributed by atoms with Crippen LogP contribution in [0.4, 0.5) is 0 Å². The molecule has 1 aromatic carbocycles. The molecule has 9 heteroatoms. The lowest BCUT2D eigenvalue weighted by molar-refractivity contribution is -0.145. The fourth-order valence-electron chi connectivity index (χ4n) is 3.09. The van der Waals surface area contributed by atoms with E-state index in [0.29, 0.717) is 29.7 Å². The zero-order valence-electron chi connectivity index (χ0n) is 17.9. The molecule has 1 aromatic heterocycles. The molecule has 0 unspecified atom stereocenters. The molecule has 0 bridgehead atoms. The van der Waals surface area contributed by atoms with E-state index in [1.165, 1.54) is 19.2 Å². The Labute approximate surface area is 174 Å². The van der Waals surface area contributed by atoms with E-state index in [9.17, 15) is 19.2 Å². The molecule has 1 atom stereocenters. The Hall–Kier alpha value is -3.23. The fraction of sp³-hybridized carbons (Fsp3) is 0.476. The lowest BCUT2D eigenvalue weighted by Crippen LogP contribution is -2.44. The van der Waals surface area contributed by atoms with Gasteiger partial charge in [0.25, 0.3) is 11.5 Å². The van der Waals surface area contributed by atoms with Crippen molar-refractivity contribution in [2.45, 2.75) is 46.7 Å². The van der Waals surface area contributed by atoms with Crippen molar-refractivity contribution in [1.29, 1.82) is 0 Å². The van der Waals surface area contributed by atoms with Crippen molar-refractivity contribution in [3.8, 4) is 0 Å². The quantitative estimate of drug-likeness (QED) is 0.648. The number of amides is 1. The van der Waals surface area contributed by atoms with Gasteiger partial charge < -0.3 is 19.4 Å². The number of carbonyl (C=O) groups is 3. The second kappa shape index (κ2) is 10.00. The van der Waals surface area contributed by atoms with Gasteiger partial charge in [0.1, 0.15) is 11.7 Å². The number of aromatic nitrogens is 2. The van der Waals surface area contributed by atoms with Crippen LogP contribution in [0, 0.1) is 12.8 Å². The van der Waals surface area contributed by atoms with Gasteiger partial charge in [-0.05, 0) is 44.4 Å². The number of esters is 2. The number of nitrogens with zero attached hydrogens (tertiary/aromatic N) is 2. The number of methoxy groups -OCH3 is 1. The van der Waals surface area contributed by atoms with Crippen LogP contribution in [0.5, 0.6) is 0 Å². The van der Waals surface area contributed by atoms with Gasteiger partial charge in [-0.15, -0.1) is 0 Å². The third-order valence-corrected chi connectivity index (χ3v) is 4.52. The zero-order valence-corrected chi connectivity index (χ0v) is 17.9. The maximum absolute atomic E-state index is 12.4. The lowest BCUT2D eigenvalue weighted by Gasteiger charge is -2.18. The highest BCUT2D eigenvalue weighted by Gasteiger charge is 2.23. The van der Waals surface area contributed by atoms with E-state index in [1.807, 2.05) is 20.8 Å². The lowest BCUT2D eigenvalue weighted by atomic mass is 10.0. The smallest absolute Gasteiger partial charge is 0.338 e. The van der Waals surface area contributed by atoms with Gasteiger partial charge in [0, 0.05) is 6.54 Å². The van der Waals surface area contributed by atoms with Crippen LogP contribution in [-0.4, -0.2) is 47.2 Å². The van der Waals surface area contributed by atoms with Crippen LogP contribution in [0.25, 0.3) is 11.0 Å². The first-order valence-corrected chi connectivity index (χ1v) is 9.73. The summed E-state index contributed by atoms with van der Waals surface area (Å²) in [5, 5.41) is 2.52. The molecule has 0 radical (unpaired) electrons. The van der Waals surface area contributed by atoms with Crippen molar-refractivity contribution in [2.24, 2.45) is 5.92 Å². The Morgan fingerprint density at radius 2 is 1.93 bits per heavy atom. The van der Waals surface area contributed by atoms with Gasteiger partial charge in [-0.25, -0.2) is 14.6 Å². The summed E-state index contributed by atoms with van der Waals surface area (Å²) in [4.78, 5) is 52.7. The highest BCUT2D eigenvalue weighted by atomic mass is 16.5. The summed E-state index contributed by atoms with van der Waals surface area (Å²) < 4.78 is 11.3. The molecule has 0 aliphatic carbocycles. The number of hydrogen-bond donors (Lipinski definition) is 1. The van der Waals surface area contributed by atoms with Gasteiger partial charge in [0.2, 0.25) is 0 Å². The molecule has 1 heterocycles. The average molecular weight is 417 g/mol. The van der Waals surface area contributed by atoms with Crippen LogP contribution in [-0.2, 0) is 25.6 Å². The zero-order chi connectivity index (χ0) is 22.4. The number of nitrogens with one attached hydrogen (secondary N) is 1. The molecular formula is C21H27N3O6. The highest BCUT2D eigenvalue weighted by molar-refractivity contribution is 5.95. The molecule has 0 aliphatic heterocycles. The minimum atomic E-state index is -0.806. The second-order valence-electron chi connectivity index (χ2n) is 7.30. The summed E-state index contributed by atoms with van der Waals surface area (Å²) in [6.07, 6.45) is 0.404. The van der Waals surface area contributed by atoms with E-state index in [0.717, 1.165) is 0 Å². The molecule has 0 spiro atoms. The topological polar surface area (TPSA) is 117 Å². The first-order chi connectivity index (χ1) is 14.2. The minimum absolute atomic E-state index is 0.158. The second-order valence-corrected chi connectivity index (χ2v) is 7.30. The Kier molecular flexibility index (Phi) is 7.68. The van der Waals surface area contributed by atoms with Gasteiger partial charge in [0.05, 0.1) is 23.7 Å². The van der Waals surface area contributed by atoms with Crippen LogP contribution >= 0.6 is 0 Å². The Morgan fingerprint density at radius 1 is 1.23 bits per heavy atom. The van der Waals surface area contributed by atoms with Gasteiger partial charge >= 0.3 is 11.9 Å². The van der Waals surface area contributed by atoms with E-state index < -0.39 is 30.5 Å². The first-order valence-electron chi connectivity index (χ1n) is 9.73. The van der Waals surface area contributed by atoms with E-state index in [-0.39, 0.29) is 17.0 Å². The molecule has 2 rings (SSSR count). The number of hydrogen-bond acceptors (Lipinski definition) is 7. The molecule has 0 fully saturated rings. The van der Waals surface area contributed by atoms with E-state index in [4.69, 9.17) is 9.47 Å². The van der Waals surface area contributed by atoms with Crippen molar-refractivity contribution >= 4 is 28.9 Å². The molecular weight excluding hydrogens is 390 g/mol. The maximum Gasteiger partial charge on any atom is 0.338 e. The Balaban J connectivity index is 2.09. The van der Waals surface area contributed by atoms with Crippen LogP contribution < -0.4 is 10.9 Å². The summed E-state index contributed by atoms with van der Waals surface area (Å²) in [5.74, 6) is -1.71. The largest absolute Gasteiger partial charge is 0.467 e. The van der Waals surface area contributed by atoms with Gasteiger partial charge in [-0.3, -0.25) is 9.59 Å². The molecule has 9 nitrogen and oxygen atoms in total. The average Bonchev–Trinajstić information content (AvgIpc) is 2.71. The Bertz CT molecular complexity index is 1010. The van der Waals surface area contributed by atoms with Crippen LogP contribution in [0.2, 0.25) is 0 Å². The van der Waals surface area contributed by atoms with E-state index in [1.54, 1.807) is 17.6 Å². The van der Waals surface area contributed by atoms with Crippen molar-refractivity contribution in [3.05, 3.63) is 39.8 Å². The summed E-state index contributed by atoms with van der Waals surface area (Å²) >= 11 is 0. The van der Waals surface area contributed by atoms with Crippen molar-refractivity contribution in [3.63, 3.8) is 0 Å². The first kappa shape index (κ1) is 23.1. The van der Waals surface area contributed by atoms with Gasteiger partial charge in [0.15, 0.2) is 6.61 Å². The third-order valence-electron chi connectivity index (χ3n) is 4.52. The number of rotatable bonds is 8.